The van der Waals surface area contributed by atoms with Crippen molar-refractivity contribution in [3.63, 3.8) is 0 Å². The van der Waals surface area contributed by atoms with Crippen LogP contribution in [0.15, 0.2) is 18.2 Å². The van der Waals surface area contributed by atoms with Crippen molar-refractivity contribution in [1.29, 1.82) is 0 Å². The minimum atomic E-state index is -0.239. The number of rotatable bonds is 3. The highest BCUT2D eigenvalue weighted by Crippen LogP contribution is 2.34. The highest BCUT2D eigenvalue weighted by molar-refractivity contribution is 7.80. The summed E-state index contributed by atoms with van der Waals surface area (Å²) in [5.41, 5.74) is 3.57. The number of piperidine rings is 1. The molecule has 5 heteroatoms. The predicted molar refractivity (Wildman–Crippen MR) is 116 cm³/mol. The largest absolute Gasteiger partial charge is 0.372 e. The highest BCUT2D eigenvalue weighted by atomic mass is 32.1. The average Bonchev–Trinajstić information content (AvgIpc) is 2.92. The maximum absolute atomic E-state index is 12.6. The summed E-state index contributed by atoms with van der Waals surface area (Å²) in [5, 5.41) is 0. The number of Topliss-reactive ketones (excluding diaryl/α,β-unsaturated/α-hetero) is 2. The van der Waals surface area contributed by atoms with Crippen molar-refractivity contribution >= 4 is 34.5 Å². The van der Waals surface area contributed by atoms with Crippen LogP contribution < -0.4 is 4.90 Å². The van der Waals surface area contributed by atoms with Crippen molar-refractivity contribution in [3.05, 3.63) is 29.3 Å². The van der Waals surface area contributed by atoms with Crippen LogP contribution in [0.1, 0.15) is 63.5 Å². The number of carbonyl (C=O) groups excluding carboxylic acids is 2. The number of fused-ring (bicyclic) bond motifs is 1. The maximum atomic E-state index is 12.6. The van der Waals surface area contributed by atoms with Crippen LogP contribution in [-0.4, -0.2) is 40.6 Å². The molecule has 1 saturated heterocycles. The number of thiocarbonyl (C=S) groups is 1. The van der Waals surface area contributed by atoms with E-state index in [1.807, 2.05) is 0 Å². The molecule has 4 nitrogen and oxygen atoms in total. The molecule has 2 aliphatic heterocycles. The Morgan fingerprint density at radius 2 is 1.79 bits per heavy atom. The Hall–Kier alpha value is -1.75. The third-order valence-corrected chi connectivity index (χ3v) is 7.32. The molecule has 2 heterocycles. The number of hydrogen-bond acceptors (Lipinski definition) is 4. The summed E-state index contributed by atoms with van der Waals surface area (Å²) in [6.07, 6.45) is 4.34. The molecular formula is C23H30N2O2S. The lowest BCUT2D eigenvalue weighted by molar-refractivity contribution is -0.124. The lowest BCUT2D eigenvalue weighted by Gasteiger charge is -2.35. The Kier molecular flexibility index (Phi) is 5.55. The second kappa shape index (κ2) is 7.94. The van der Waals surface area contributed by atoms with Crippen LogP contribution in [0.5, 0.6) is 0 Å². The fraction of sp³-hybridized carbons (Fsp3) is 0.609. The summed E-state index contributed by atoms with van der Waals surface area (Å²) in [7, 11) is 0. The molecule has 1 unspecified atom stereocenters. The topological polar surface area (TPSA) is 40.6 Å². The number of ketones is 2. The molecule has 0 spiro atoms. The third-order valence-electron chi connectivity index (χ3n) is 6.86. The van der Waals surface area contributed by atoms with E-state index in [0.29, 0.717) is 32.2 Å². The first-order valence-corrected chi connectivity index (χ1v) is 11.1. The molecule has 0 radical (unpaired) electrons. The fourth-order valence-electron chi connectivity index (χ4n) is 4.94. The first-order chi connectivity index (χ1) is 13.4. The van der Waals surface area contributed by atoms with E-state index in [1.54, 1.807) is 0 Å². The molecule has 3 aliphatic rings. The molecule has 1 aliphatic carbocycles. The van der Waals surface area contributed by atoms with E-state index in [2.05, 4.69) is 41.8 Å². The van der Waals surface area contributed by atoms with Gasteiger partial charge in [-0.3, -0.25) is 9.59 Å². The van der Waals surface area contributed by atoms with E-state index in [4.69, 9.17) is 12.2 Å². The first kappa shape index (κ1) is 19.6. The van der Waals surface area contributed by atoms with Crippen LogP contribution in [0.25, 0.3) is 0 Å². The van der Waals surface area contributed by atoms with Gasteiger partial charge in [0.15, 0.2) is 5.78 Å². The minimum Gasteiger partial charge on any atom is -0.372 e. The Bertz CT molecular complexity index is 796. The molecule has 0 N–H and O–H groups in total. The second-order valence-electron chi connectivity index (χ2n) is 8.90. The van der Waals surface area contributed by atoms with Crippen LogP contribution in [-0.2, 0) is 16.1 Å². The average molecular weight is 399 g/mol. The minimum absolute atomic E-state index is 0.164. The van der Waals surface area contributed by atoms with Gasteiger partial charge in [-0.2, -0.15) is 0 Å². The molecule has 1 atom stereocenters. The van der Waals surface area contributed by atoms with Gasteiger partial charge in [-0.05, 0) is 54.9 Å². The van der Waals surface area contributed by atoms with Crippen LogP contribution >= 0.6 is 12.2 Å². The fourth-order valence-corrected chi connectivity index (χ4v) is 5.34. The molecule has 1 aromatic rings. The van der Waals surface area contributed by atoms with Crippen molar-refractivity contribution in [2.45, 2.75) is 65.0 Å². The smallest absolute Gasteiger partial charge is 0.155 e. The van der Waals surface area contributed by atoms with E-state index in [0.717, 1.165) is 35.5 Å². The van der Waals surface area contributed by atoms with Gasteiger partial charge >= 0.3 is 0 Å². The number of benzene rings is 1. The van der Waals surface area contributed by atoms with Gasteiger partial charge in [0, 0.05) is 50.1 Å². The molecule has 1 saturated carbocycles. The second-order valence-corrected chi connectivity index (χ2v) is 9.29. The molecule has 1 aromatic carbocycles. The Labute approximate surface area is 173 Å². The van der Waals surface area contributed by atoms with Crippen molar-refractivity contribution in [1.82, 2.24) is 4.90 Å². The lowest BCUT2D eigenvalue weighted by Crippen LogP contribution is -2.40. The monoisotopic (exact) mass is 398 g/mol. The zero-order chi connectivity index (χ0) is 19.8. The van der Waals surface area contributed by atoms with Gasteiger partial charge in [0.05, 0.1) is 6.04 Å². The number of anilines is 1. The molecule has 0 amide bonds. The van der Waals surface area contributed by atoms with E-state index in [1.165, 1.54) is 24.1 Å². The molecule has 4 rings (SSSR count). The Morgan fingerprint density at radius 1 is 1.04 bits per heavy atom. The van der Waals surface area contributed by atoms with Crippen LogP contribution in [0.3, 0.4) is 0 Å². The van der Waals surface area contributed by atoms with Crippen LogP contribution in [0.2, 0.25) is 0 Å². The van der Waals surface area contributed by atoms with Gasteiger partial charge in [-0.15, -0.1) is 0 Å². The molecule has 28 heavy (non-hydrogen) atoms. The summed E-state index contributed by atoms with van der Waals surface area (Å²) in [4.78, 5) is 29.7. The number of carbonyl (C=O) groups is 2. The zero-order valence-corrected chi connectivity index (χ0v) is 17.8. The number of hydrogen-bond donors (Lipinski definition) is 0. The Morgan fingerprint density at radius 3 is 2.50 bits per heavy atom. The van der Waals surface area contributed by atoms with Gasteiger partial charge < -0.3 is 9.80 Å². The summed E-state index contributed by atoms with van der Waals surface area (Å²) in [6, 6.07) is 6.34. The summed E-state index contributed by atoms with van der Waals surface area (Å²) >= 11 is 5.72. The van der Waals surface area contributed by atoms with Gasteiger partial charge in [0.1, 0.15) is 10.8 Å². The van der Waals surface area contributed by atoms with E-state index in [9.17, 15) is 9.59 Å². The molecule has 150 valence electrons. The van der Waals surface area contributed by atoms with Gasteiger partial charge in [0.25, 0.3) is 0 Å². The normalized spacial score (nSPS) is 24.1. The van der Waals surface area contributed by atoms with Gasteiger partial charge in [-0.1, -0.05) is 26.1 Å². The van der Waals surface area contributed by atoms with Crippen LogP contribution in [0.4, 0.5) is 5.69 Å². The molecule has 0 bridgehead atoms. The first-order valence-electron chi connectivity index (χ1n) is 10.7. The summed E-state index contributed by atoms with van der Waals surface area (Å²) in [6.45, 7) is 7.56. The zero-order valence-electron chi connectivity index (χ0n) is 16.9. The van der Waals surface area contributed by atoms with E-state index >= 15 is 0 Å². The molecule has 2 fully saturated rings. The Balaban J connectivity index is 1.49. The molecular weight excluding hydrogens is 368 g/mol. The lowest BCUT2D eigenvalue weighted by atomic mass is 9.86. The van der Waals surface area contributed by atoms with Crippen molar-refractivity contribution in [2.24, 2.45) is 11.8 Å². The van der Waals surface area contributed by atoms with Gasteiger partial charge in [-0.25, -0.2) is 0 Å². The van der Waals surface area contributed by atoms with Crippen molar-refractivity contribution < 1.29 is 9.59 Å². The standard InChI is InChI=1S/C23H30N2O2S/c1-15(2)16-9-11-24(12-10-16)18-3-6-20-17(13-18)14-25(23(20)28)21-7-4-19(26)5-8-22(21)27/h3,6,13,15-16,21H,4-5,7-12,14H2,1-2H3. The summed E-state index contributed by atoms with van der Waals surface area (Å²) in [5.74, 6) is 1.96. The third kappa shape index (κ3) is 3.73. The van der Waals surface area contributed by atoms with Crippen molar-refractivity contribution in [3.8, 4) is 0 Å². The maximum Gasteiger partial charge on any atom is 0.155 e. The number of nitrogens with zero attached hydrogens (tertiary/aromatic N) is 2. The van der Waals surface area contributed by atoms with E-state index < -0.39 is 0 Å². The quantitative estimate of drug-likeness (QED) is 0.566. The summed E-state index contributed by atoms with van der Waals surface area (Å²) < 4.78 is 0. The van der Waals surface area contributed by atoms with E-state index in [-0.39, 0.29) is 17.6 Å². The van der Waals surface area contributed by atoms with Crippen molar-refractivity contribution in [2.75, 3.05) is 18.0 Å². The predicted octanol–water partition coefficient (Wildman–Crippen LogP) is 4.13. The van der Waals surface area contributed by atoms with Gasteiger partial charge in [0.2, 0.25) is 0 Å². The highest BCUT2D eigenvalue weighted by Gasteiger charge is 2.35. The van der Waals surface area contributed by atoms with Crippen LogP contribution in [0, 0.1) is 11.8 Å². The SMILES string of the molecule is CC(C)C1CCN(c2ccc3c(c2)CN(C2CCC(=O)CCC2=O)C3=S)CC1. The molecule has 0 aromatic heterocycles.